The summed E-state index contributed by atoms with van der Waals surface area (Å²) in [6, 6.07) is 10.5. The second-order valence-corrected chi connectivity index (χ2v) is 13.0. The summed E-state index contributed by atoms with van der Waals surface area (Å²) in [6.07, 6.45) is 2.65. The monoisotopic (exact) mass is 608 g/mol. The van der Waals surface area contributed by atoms with Gasteiger partial charge in [0.2, 0.25) is 5.91 Å². The molecule has 2 heterocycles. The van der Waals surface area contributed by atoms with E-state index in [0.29, 0.717) is 37.9 Å². The van der Waals surface area contributed by atoms with Gasteiger partial charge in [-0.25, -0.2) is 0 Å². The van der Waals surface area contributed by atoms with E-state index in [1.54, 1.807) is 6.08 Å². The minimum atomic E-state index is -4.42. The Balaban J connectivity index is 1.39. The summed E-state index contributed by atoms with van der Waals surface area (Å²) in [6.45, 7) is 11.5. The lowest BCUT2D eigenvalue weighted by Gasteiger charge is -2.65. The second kappa shape index (κ2) is 11.1. The number of benzene rings is 2. The Morgan fingerprint density at radius 1 is 1.18 bits per heavy atom. The molecule has 0 aromatic heterocycles. The average Bonchev–Trinajstić information content (AvgIpc) is 3.30. The van der Waals surface area contributed by atoms with Gasteiger partial charge >= 0.3 is 12.1 Å². The van der Waals surface area contributed by atoms with E-state index in [-0.39, 0.29) is 29.9 Å². The molecule has 2 aliphatic heterocycles. The van der Waals surface area contributed by atoms with Gasteiger partial charge in [-0.05, 0) is 67.0 Å². The lowest BCUT2D eigenvalue weighted by Crippen LogP contribution is -2.79. The van der Waals surface area contributed by atoms with Crippen LogP contribution >= 0.6 is 0 Å². The molecule has 2 unspecified atom stereocenters. The lowest BCUT2D eigenvalue weighted by atomic mass is 9.48. The highest BCUT2D eigenvalue weighted by Gasteiger charge is 2.75. The van der Waals surface area contributed by atoms with E-state index in [9.17, 15) is 22.8 Å². The summed E-state index contributed by atoms with van der Waals surface area (Å²) in [5.74, 6) is 0.401. The molecule has 1 amide bonds. The molecule has 2 bridgehead atoms. The molecule has 2 aromatic rings. The van der Waals surface area contributed by atoms with Crippen molar-refractivity contribution in [3.05, 3.63) is 83.4 Å². The van der Waals surface area contributed by atoms with Crippen molar-refractivity contribution in [2.24, 2.45) is 5.92 Å². The van der Waals surface area contributed by atoms with Gasteiger partial charge in [-0.1, -0.05) is 44.2 Å². The minimum absolute atomic E-state index is 0.0557. The van der Waals surface area contributed by atoms with Crippen molar-refractivity contribution in [2.45, 2.75) is 81.8 Å². The maximum absolute atomic E-state index is 14.0. The van der Waals surface area contributed by atoms with Gasteiger partial charge in [-0.3, -0.25) is 14.5 Å². The van der Waals surface area contributed by atoms with E-state index in [2.05, 4.69) is 31.4 Å². The van der Waals surface area contributed by atoms with Gasteiger partial charge in [-0.15, -0.1) is 6.58 Å². The summed E-state index contributed by atoms with van der Waals surface area (Å²) in [7, 11) is 0. The molecule has 6 rings (SSSR count). The van der Waals surface area contributed by atoms with Gasteiger partial charge in [0, 0.05) is 38.2 Å². The molecule has 234 valence electrons. The molecule has 2 aromatic carbocycles. The number of rotatable bonds is 8. The van der Waals surface area contributed by atoms with E-state index >= 15 is 0 Å². The molecule has 1 saturated carbocycles. The average molecular weight is 609 g/mol. The first kappa shape index (κ1) is 30.4. The van der Waals surface area contributed by atoms with E-state index in [1.807, 2.05) is 23.1 Å². The zero-order chi connectivity index (χ0) is 31.4. The molecular weight excluding hydrogens is 569 g/mol. The molecule has 0 N–H and O–H groups in total. The number of carbonyl (C=O) groups excluding carboxylic acids is 2. The van der Waals surface area contributed by atoms with Crippen LogP contribution in [0, 0.1) is 5.92 Å². The van der Waals surface area contributed by atoms with E-state index in [4.69, 9.17) is 9.47 Å². The van der Waals surface area contributed by atoms with Gasteiger partial charge < -0.3 is 14.4 Å². The Morgan fingerprint density at radius 3 is 2.59 bits per heavy atom. The zero-order valence-electron chi connectivity index (χ0n) is 25.4. The maximum atomic E-state index is 14.0. The minimum Gasteiger partial charge on any atom is -0.487 e. The first-order valence-corrected chi connectivity index (χ1v) is 15.4. The summed E-state index contributed by atoms with van der Waals surface area (Å²) >= 11 is 0. The van der Waals surface area contributed by atoms with Gasteiger partial charge in [0.05, 0.1) is 23.1 Å². The number of carbonyl (C=O) groups is 2. The van der Waals surface area contributed by atoms with Gasteiger partial charge in [0.15, 0.2) is 0 Å². The van der Waals surface area contributed by atoms with Crippen molar-refractivity contribution >= 4 is 18.0 Å². The van der Waals surface area contributed by atoms with Crippen LogP contribution < -0.4 is 4.74 Å². The largest absolute Gasteiger partial charge is 0.487 e. The van der Waals surface area contributed by atoms with Gasteiger partial charge in [0.25, 0.3) is 0 Å². The van der Waals surface area contributed by atoms with E-state index in [0.717, 1.165) is 36.4 Å². The summed E-state index contributed by atoms with van der Waals surface area (Å²) in [5, 5.41) is 0. The topological polar surface area (TPSA) is 59.1 Å². The van der Waals surface area contributed by atoms with Gasteiger partial charge in [-0.2, -0.15) is 13.2 Å². The van der Waals surface area contributed by atoms with Crippen LogP contribution in [0.3, 0.4) is 0 Å². The maximum Gasteiger partial charge on any atom is 0.416 e. The van der Waals surface area contributed by atoms with Crippen molar-refractivity contribution in [3.8, 4) is 5.75 Å². The van der Waals surface area contributed by atoms with E-state index < -0.39 is 28.9 Å². The predicted molar refractivity (Wildman–Crippen MR) is 161 cm³/mol. The Morgan fingerprint density at radius 2 is 1.93 bits per heavy atom. The number of amides is 1. The number of ether oxygens (including phenoxy) is 2. The van der Waals surface area contributed by atoms with Crippen LogP contribution in [0.2, 0.25) is 0 Å². The van der Waals surface area contributed by atoms with Crippen molar-refractivity contribution < 1.29 is 32.2 Å². The van der Waals surface area contributed by atoms with Crippen LogP contribution in [0.25, 0.3) is 6.08 Å². The van der Waals surface area contributed by atoms with Crippen molar-refractivity contribution in [1.29, 1.82) is 0 Å². The van der Waals surface area contributed by atoms with Crippen LogP contribution in [0.4, 0.5) is 13.2 Å². The van der Waals surface area contributed by atoms with Crippen molar-refractivity contribution in [2.75, 3.05) is 19.6 Å². The zero-order valence-corrected chi connectivity index (χ0v) is 25.4. The number of hydrogen-bond donors (Lipinski definition) is 0. The summed E-state index contributed by atoms with van der Waals surface area (Å²) in [5.41, 5.74) is 0.636. The standard InChI is InChI=1S/C35H39F3N2O4/c1-5-18-39-19-17-33-31-25-7-6-8-28(31)43-32(33)27(15-16-34(33,29(39)20-25)44-23(4)41)40(21-22(2)3)30(42)14-11-24-9-12-26(13-10-24)35(36,37)38/h5-14,22,27,29,32H,1,15-21H2,2-4H3/b14-11+/t27?,29-,32?,33+,34-/m1/s1. The van der Waals surface area contributed by atoms with Crippen molar-refractivity contribution in [1.82, 2.24) is 9.80 Å². The molecule has 0 radical (unpaired) electrons. The SMILES string of the molecule is C=CCN1CC[C@]23c4c5cccc4OC2C(N(CC(C)C)C(=O)/C=C/c2ccc(C(F)(F)F)cc2)CC[C@@]3(OC(C)=O)[C@H]1C5. The number of likely N-dealkylation sites (tertiary alicyclic amines) is 1. The van der Waals surface area contributed by atoms with Crippen molar-refractivity contribution in [3.63, 3.8) is 0 Å². The number of alkyl halides is 3. The molecular formula is C35H39F3N2O4. The van der Waals surface area contributed by atoms with Gasteiger partial charge in [0.1, 0.15) is 17.5 Å². The molecule has 1 spiro atoms. The third-order valence-corrected chi connectivity index (χ3v) is 9.99. The molecule has 4 aliphatic rings. The molecule has 6 nitrogen and oxygen atoms in total. The molecule has 1 saturated heterocycles. The number of halogens is 3. The summed E-state index contributed by atoms with van der Waals surface area (Å²) < 4.78 is 52.5. The number of hydrogen-bond acceptors (Lipinski definition) is 5. The molecule has 2 aliphatic carbocycles. The Hall–Kier alpha value is -3.59. The lowest BCUT2D eigenvalue weighted by molar-refractivity contribution is -0.223. The fourth-order valence-electron chi connectivity index (χ4n) is 8.54. The Labute approximate surface area is 256 Å². The number of esters is 1. The predicted octanol–water partition coefficient (Wildman–Crippen LogP) is 6.18. The highest BCUT2D eigenvalue weighted by Crippen LogP contribution is 2.65. The summed E-state index contributed by atoms with van der Waals surface area (Å²) in [4.78, 5) is 31.0. The molecule has 9 heteroatoms. The van der Waals surface area contributed by atoms with Crippen LogP contribution in [0.5, 0.6) is 5.75 Å². The van der Waals surface area contributed by atoms with E-state index in [1.165, 1.54) is 30.7 Å². The normalized spacial score (nSPS) is 28.8. The second-order valence-electron chi connectivity index (χ2n) is 13.0. The number of nitrogens with zero attached hydrogens (tertiary/aromatic N) is 2. The highest BCUT2D eigenvalue weighted by molar-refractivity contribution is 5.92. The third-order valence-electron chi connectivity index (χ3n) is 9.99. The Bertz CT molecular complexity index is 1490. The third kappa shape index (κ3) is 4.75. The molecule has 5 atom stereocenters. The first-order valence-electron chi connectivity index (χ1n) is 15.4. The first-order chi connectivity index (χ1) is 20.9. The van der Waals surface area contributed by atoms with Crippen LogP contribution in [-0.2, 0) is 32.3 Å². The fraction of sp³-hybridized carbons (Fsp3) is 0.486. The fourth-order valence-corrected chi connectivity index (χ4v) is 8.54. The van der Waals surface area contributed by atoms with Crippen LogP contribution in [0.15, 0.2) is 61.2 Å². The highest BCUT2D eigenvalue weighted by atomic mass is 19.4. The molecule has 2 fully saturated rings. The molecule has 44 heavy (non-hydrogen) atoms. The number of piperidine rings is 1. The quantitative estimate of drug-likeness (QED) is 0.204. The van der Waals surface area contributed by atoms with Crippen LogP contribution in [0.1, 0.15) is 62.3 Å². The smallest absolute Gasteiger partial charge is 0.416 e. The van der Waals surface area contributed by atoms with Crippen LogP contribution in [-0.4, -0.2) is 65.1 Å². The Kier molecular flexibility index (Phi) is 7.67.